The molecule has 0 aliphatic carbocycles. The standard InChI is InChI=1S/C16H17N3OS/c1-2-19(11-14-6-3-4-9-18-14)16(20)13-10-15(21-12-13)7-5-8-17/h3-4,6,9-10,12H,2,8,11,17H2,1H3. The van der Waals surface area contributed by atoms with Crippen LogP contribution in [0.2, 0.25) is 0 Å². The fraction of sp³-hybridized carbons (Fsp3) is 0.250. The number of rotatable bonds is 4. The van der Waals surface area contributed by atoms with Crippen molar-refractivity contribution in [3.05, 3.63) is 52.0 Å². The Morgan fingerprint density at radius 1 is 1.48 bits per heavy atom. The van der Waals surface area contributed by atoms with E-state index in [1.165, 1.54) is 11.3 Å². The number of nitrogens with two attached hydrogens (primary N) is 1. The first kappa shape index (κ1) is 15.2. The van der Waals surface area contributed by atoms with Crippen molar-refractivity contribution in [2.24, 2.45) is 5.73 Å². The van der Waals surface area contributed by atoms with Crippen LogP contribution in [0.4, 0.5) is 0 Å². The van der Waals surface area contributed by atoms with Gasteiger partial charge in [-0.1, -0.05) is 17.9 Å². The number of carbonyl (C=O) groups excluding carboxylic acids is 1. The molecule has 0 unspecified atom stereocenters. The first-order valence-corrected chi connectivity index (χ1v) is 7.59. The van der Waals surface area contributed by atoms with Gasteiger partial charge in [-0.05, 0) is 25.1 Å². The van der Waals surface area contributed by atoms with Crippen molar-refractivity contribution in [3.63, 3.8) is 0 Å². The average Bonchev–Trinajstić information content (AvgIpc) is 3.00. The second-order valence-corrected chi connectivity index (χ2v) is 5.26. The summed E-state index contributed by atoms with van der Waals surface area (Å²) >= 11 is 1.46. The molecule has 0 fully saturated rings. The van der Waals surface area contributed by atoms with Gasteiger partial charge in [0.1, 0.15) is 0 Å². The van der Waals surface area contributed by atoms with Gasteiger partial charge in [-0.2, -0.15) is 0 Å². The molecule has 0 atom stereocenters. The van der Waals surface area contributed by atoms with Crippen LogP contribution in [-0.2, 0) is 6.54 Å². The van der Waals surface area contributed by atoms with Gasteiger partial charge in [0.05, 0.1) is 29.2 Å². The number of aromatic nitrogens is 1. The summed E-state index contributed by atoms with van der Waals surface area (Å²) < 4.78 is 0. The maximum Gasteiger partial charge on any atom is 0.255 e. The molecule has 1 amide bonds. The van der Waals surface area contributed by atoms with E-state index >= 15 is 0 Å². The van der Waals surface area contributed by atoms with E-state index in [0.29, 0.717) is 25.2 Å². The molecule has 0 saturated carbocycles. The van der Waals surface area contributed by atoms with Crippen LogP contribution in [0.25, 0.3) is 0 Å². The molecule has 2 N–H and O–H groups in total. The third-order valence-electron chi connectivity index (χ3n) is 2.91. The van der Waals surface area contributed by atoms with Crippen LogP contribution >= 0.6 is 11.3 Å². The average molecular weight is 299 g/mol. The molecule has 2 aromatic rings. The minimum absolute atomic E-state index is 0.000187. The number of carbonyl (C=O) groups is 1. The minimum atomic E-state index is 0.000187. The Kier molecular flexibility index (Phi) is 5.50. The molecule has 21 heavy (non-hydrogen) atoms. The Hall–Kier alpha value is -2.16. The second-order valence-electron chi connectivity index (χ2n) is 4.35. The number of hydrogen-bond donors (Lipinski definition) is 1. The Morgan fingerprint density at radius 3 is 3.00 bits per heavy atom. The van der Waals surface area contributed by atoms with Crippen molar-refractivity contribution in [3.8, 4) is 11.8 Å². The highest BCUT2D eigenvalue weighted by atomic mass is 32.1. The van der Waals surface area contributed by atoms with E-state index in [1.54, 1.807) is 11.1 Å². The number of thiophene rings is 1. The normalized spacial score (nSPS) is 9.81. The molecule has 0 saturated heterocycles. The molecule has 2 aromatic heterocycles. The summed E-state index contributed by atoms with van der Waals surface area (Å²) in [6.45, 7) is 3.43. The fourth-order valence-electron chi connectivity index (χ4n) is 1.85. The molecule has 0 aliphatic rings. The van der Waals surface area contributed by atoms with E-state index in [0.717, 1.165) is 10.6 Å². The highest BCUT2D eigenvalue weighted by molar-refractivity contribution is 7.10. The third kappa shape index (κ3) is 4.15. The summed E-state index contributed by atoms with van der Waals surface area (Å²) in [7, 11) is 0. The Morgan fingerprint density at radius 2 is 2.33 bits per heavy atom. The van der Waals surface area contributed by atoms with Crippen molar-refractivity contribution in [2.75, 3.05) is 13.1 Å². The smallest absolute Gasteiger partial charge is 0.255 e. The molecule has 0 radical (unpaired) electrons. The van der Waals surface area contributed by atoms with Crippen molar-refractivity contribution >= 4 is 17.2 Å². The number of pyridine rings is 1. The molecule has 0 aromatic carbocycles. The van der Waals surface area contributed by atoms with Gasteiger partial charge >= 0.3 is 0 Å². The summed E-state index contributed by atoms with van der Waals surface area (Å²) in [6.07, 6.45) is 1.73. The van der Waals surface area contributed by atoms with Gasteiger partial charge in [-0.3, -0.25) is 9.78 Å². The van der Waals surface area contributed by atoms with Crippen LogP contribution in [0, 0.1) is 11.8 Å². The van der Waals surface area contributed by atoms with Gasteiger partial charge in [-0.25, -0.2) is 0 Å². The van der Waals surface area contributed by atoms with Crippen molar-refractivity contribution in [1.82, 2.24) is 9.88 Å². The monoisotopic (exact) mass is 299 g/mol. The van der Waals surface area contributed by atoms with E-state index in [1.807, 2.05) is 36.6 Å². The predicted molar refractivity (Wildman–Crippen MR) is 84.9 cm³/mol. The summed E-state index contributed by atoms with van der Waals surface area (Å²) in [5.41, 5.74) is 6.89. The zero-order valence-electron chi connectivity index (χ0n) is 11.9. The van der Waals surface area contributed by atoms with Crippen LogP contribution in [0.3, 0.4) is 0 Å². The Bertz CT molecular complexity index is 655. The lowest BCUT2D eigenvalue weighted by Crippen LogP contribution is -2.30. The van der Waals surface area contributed by atoms with Crippen molar-refractivity contribution in [1.29, 1.82) is 0 Å². The molecule has 0 aliphatic heterocycles. The zero-order valence-corrected chi connectivity index (χ0v) is 12.7. The van der Waals surface area contributed by atoms with Gasteiger partial charge < -0.3 is 10.6 Å². The SMILES string of the molecule is CCN(Cc1ccccn1)C(=O)c1csc(C#CCN)c1. The van der Waals surface area contributed by atoms with Crippen LogP contribution < -0.4 is 5.73 Å². The lowest BCUT2D eigenvalue weighted by atomic mass is 10.2. The maximum atomic E-state index is 12.5. The molecule has 0 bridgehead atoms. The fourth-order valence-corrected chi connectivity index (χ4v) is 2.60. The predicted octanol–water partition coefficient (Wildman–Crippen LogP) is 2.12. The summed E-state index contributed by atoms with van der Waals surface area (Å²) in [5, 5.41) is 1.84. The second kappa shape index (κ2) is 7.58. The lowest BCUT2D eigenvalue weighted by Gasteiger charge is -2.19. The highest BCUT2D eigenvalue weighted by Gasteiger charge is 2.16. The van der Waals surface area contributed by atoms with Crippen LogP contribution in [0.5, 0.6) is 0 Å². The van der Waals surface area contributed by atoms with E-state index in [4.69, 9.17) is 5.73 Å². The van der Waals surface area contributed by atoms with Crippen molar-refractivity contribution in [2.45, 2.75) is 13.5 Å². The molecular formula is C16H17N3OS. The first-order valence-electron chi connectivity index (χ1n) is 6.71. The van der Waals surface area contributed by atoms with Gasteiger partial charge in [0, 0.05) is 18.1 Å². The van der Waals surface area contributed by atoms with E-state index < -0.39 is 0 Å². The Balaban J connectivity index is 2.11. The highest BCUT2D eigenvalue weighted by Crippen LogP contribution is 2.16. The van der Waals surface area contributed by atoms with Crippen LogP contribution in [0.15, 0.2) is 35.8 Å². The van der Waals surface area contributed by atoms with E-state index in [-0.39, 0.29) is 5.91 Å². The Labute approximate surface area is 128 Å². The lowest BCUT2D eigenvalue weighted by molar-refractivity contribution is 0.0751. The summed E-state index contributed by atoms with van der Waals surface area (Å²) in [6, 6.07) is 7.52. The van der Waals surface area contributed by atoms with Crippen molar-refractivity contribution < 1.29 is 4.79 Å². The van der Waals surface area contributed by atoms with E-state index in [2.05, 4.69) is 16.8 Å². The zero-order chi connectivity index (χ0) is 15.1. The molecule has 4 nitrogen and oxygen atoms in total. The van der Waals surface area contributed by atoms with Gasteiger partial charge in [0.25, 0.3) is 5.91 Å². The number of nitrogens with zero attached hydrogens (tertiary/aromatic N) is 2. The molecular weight excluding hydrogens is 282 g/mol. The molecule has 0 spiro atoms. The van der Waals surface area contributed by atoms with Gasteiger partial charge in [-0.15, -0.1) is 11.3 Å². The number of hydrogen-bond acceptors (Lipinski definition) is 4. The molecule has 108 valence electrons. The van der Waals surface area contributed by atoms with E-state index in [9.17, 15) is 4.79 Å². The summed E-state index contributed by atoms with van der Waals surface area (Å²) in [4.78, 5) is 19.4. The summed E-state index contributed by atoms with van der Waals surface area (Å²) in [5.74, 6) is 5.74. The topological polar surface area (TPSA) is 59.2 Å². The number of amides is 1. The third-order valence-corrected chi connectivity index (χ3v) is 3.75. The maximum absolute atomic E-state index is 12.5. The van der Waals surface area contributed by atoms with Crippen LogP contribution in [0.1, 0.15) is 27.9 Å². The quantitative estimate of drug-likeness (QED) is 0.880. The largest absolute Gasteiger partial charge is 0.333 e. The molecule has 5 heteroatoms. The van der Waals surface area contributed by atoms with Crippen LogP contribution in [-0.4, -0.2) is 28.9 Å². The molecule has 2 heterocycles. The van der Waals surface area contributed by atoms with Gasteiger partial charge in [0.2, 0.25) is 0 Å². The molecule has 2 rings (SSSR count). The van der Waals surface area contributed by atoms with Gasteiger partial charge in [0.15, 0.2) is 0 Å². The first-order chi connectivity index (χ1) is 10.2. The minimum Gasteiger partial charge on any atom is -0.333 e.